The van der Waals surface area contributed by atoms with Gasteiger partial charge >= 0.3 is 0 Å². The zero-order valence-electron chi connectivity index (χ0n) is 10.6. The summed E-state index contributed by atoms with van der Waals surface area (Å²) >= 11 is 0. The fraction of sp³-hybridized carbons (Fsp3) is 0.917. The summed E-state index contributed by atoms with van der Waals surface area (Å²) in [7, 11) is 0. The van der Waals surface area contributed by atoms with Crippen molar-refractivity contribution in [1.82, 2.24) is 4.90 Å². The predicted octanol–water partition coefficient (Wildman–Crippen LogP) is 2.13. The Morgan fingerprint density at radius 1 is 1.40 bits per heavy atom. The standard InChI is InChI=1S/C12H25N3/c1-5-15(11(2)3)9-7-6-8-12(4,14)10-13/h11H,5-9,14H2,1-4H3. The van der Waals surface area contributed by atoms with Gasteiger partial charge in [-0.1, -0.05) is 6.92 Å². The number of rotatable bonds is 7. The zero-order chi connectivity index (χ0) is 11.9. The molecule has 2 N–H and O–H groups in total. The van der Waals surface area contributed by atoms with Gasteiger partial charge in [0.05, 0.1) is 6.07 Å². The highest BCUT2D eigenvalue weighted by Gasteiger charge is 2.16. The maximum atomic E-state index is 8.75. The molecule has 0 bridgehead atoms. The lowest BCUT2D eigenvalue weighted by Gasteiger charge is -2.25. The zero-order valence-corrected chi connectivity index (χ0v) is 10.6. The molecule has 0 aromatic heterocycles. The minimum atomic E-state index is -0.644. The van der Waals surface area contributed by atoms with Crippen molar-refractivity contribution in [2.45, 2.75) is 58.5 Å². The molecule has 0 rings (SSSR count). The monoisotopic (exact) mass is 211 g/mol. The van der Waals surface area contributed by atoms with E-state index in [1.807, 2.05) is 0 Å². The molecule has 0 aromatic carbocycles. The van der Waals surface area contributed by atoms with Crippen molar-refractivity contribution in [3.63, 3.8) is 0 Å². The topological polar surface area (TPSA) is 53.0 Å². The number of unbranched alkanes of at least 4 members (excludes halogenated alkanes) is 1. The van der Waals surface area contributed by atoms with E-state index in [2.05, 4.69) is 31.7 Å². The van der Waals surface area contributed by atoms with E-state index in [0.717, 1.165) is 32.4 Å². The van der Waals surface area contributed by atoms with E-state index < -0.39 is 5.54 Å². The molecule has 1 unspecified atom stereocenters. The molecule has 0 aliphatic rings. The molecule has 0 spiro atoms. The van der Waals surface area contributed by atoms with Crippen molar-refractivity contribution in [3.05, 3.63) is 0 Å². The smallest absolute Gasteiger partial charge is 0.101 e. The van der Waals surface area contributed by atoms with Crippen LogP contribution in [0.4, 0.5) is 0 Å². The maximum absolute atomic E-state index is 8.75. The van der Waals surface area contributed by atoms with Crippen LogP contribution >= 0.6 is 0 Å². The van der Waals surface area contributed by atoms with Gasteiger partial charge in [-0.15, -0.1) is 0 Å². The van der Waals surface area contributed by atoms with Gasteiger partial charge in [-0.3, -0.25) is 0 Å². The number of nitrogens with zero attached hydrogens (tertiary/aromatic N) is 2. The van der Waals surface area contributed by atoms with E-state index >= 15 is 0 Å². The van der Waals surface area contributed by atoms with Gasteiger partial charge in [0.25, 0.3) is 0 Å². The van der Waals surface area contributed by atoms with Crippen LogP contribution in [0.5, 0.6) is 0 Å². The normalized spacial score (nSPS) is 15.3. The lowest BCUT2D eigenvalue weighted by molar-refractivity contribution is 0.227. The second-order valence-corrected chi connectivity index (χ2v) is 4.71. The summed E-state index contributed by atoms with van der Waals surface area (Å²) in [5, 5.41) is 8.75. The Morgan fingerprint density at radius 2 is 2.00 bits per heavy atom. The average Bonchev–Trinajstić information content (AvgIpc) is 2.17. The third kappa shape index (κ3) is 6.48. The van der Waals surface area contributed by atoms with Gasteiger partial charge in [-0.25, -0.2) is 0 Å². The maximum Gasteiger partial charge on any atom is 0.101 e. The third-order valence-corrected chi connectivity index (χ3v) is 2.78. The highest BCUT2D eigenvalue weighted by Crippen LogP contribution is 2.10. The number of hydrogen-bond acceptors (Lipinski definition) is 3. The predicted molar refractivity (Wildman–Crippen MR) is 64.4 cm³/mol. The summed E-state index contributed by atoms with van der Waals surface area (Å²) in [6, 6.07) is 2.74. The Hall–Kier alpha value is -0.590. The van der Waals surface area contributed by atoms with Crippen LogP contribution in [0.1, 0.15) is 47.0 Å². The minimum absolute atomic E-state index is 0.607. The van der Waals surface area contributed by atoms with E-state index in [1.165, 1.54) is 0 Å². The summed E-state index contributed by atoms with van der Waals surface area (Å²) < 4.78 is 0. The Bertz CT molecular complexity index is 203. The third-order valence-electron chi connectivity index (χ3n) is 2.78. The van der Waals surface area contributed by atoms with Gasteiger partial charge < -0.3 is 10.6 Å². The molecule has 0 saturated heterocycles. The molecular formula is C12H25N3. The first-order valence-corrected chi connectivity index (χ1v) is 5.87. The lowest BCUT2D eigenvalue weighted by Crippen LogP contribution is -2.35. The Balaban J connectivity index is 3.67. The highest BCUT2D eigenvalue weighted by atomic mass is 15.1. The molecule has 0 fully saturated rings. The van der Waals surface area contributed by atoms with Crippen molar-refractivity contribution in [2.75, 3.05) is 13.1 Å². The fourth-order valence-corrected chi connectivity index (χ4v) is 1.64. The van der Waals surface area contributed by atoms with Crippen LogP contribution in [0.3, 0.4) is 0 Å². The summed E-state index contributed by atoms with van der Waals surface area (Å²) in [6.45, 7) is 10.6. The van der Waals surface area contributed by atoms with Gasteiger partial charge in [0, 0.05) is 6.04 Å². The fourth-order valence-electron chi connectivity index (χ4n) is 1.64. The highest BCUT2D eigenvalue weighted by molar-refractivity contribution is 5.00. The van der Waals surface area contributed by atoms with Crippen molar-refractivity contribution < 1.29 is 0 Å². The summed E-state index contributed by atoms with van der Waals surface area (Å²) in [4.78, 5) is 2.43. The van der Waals surface area contributed by atoms with Crippen molar-refractivity contribution in [1.29, 1.82) is 5.26 Å². The first-order chi connectivity index (χ1) is 6.93. The van der Waals surface area contributed by atoms with Crippen LogP contribution in [-0.2, 0) is 0 Å². The number of nitrogens with two attached hydrogens (primary N) is 1. The second kappa shape index (κ2) is 6.81. The van der Waals surface area contributed by atoms with Crippen LogP contribution in [0.25, 0.3) is 0 Å². The van der Waals surface area contributed by atoms with Gasteiger partial charge in [-0.2, -0.15) is 5.26 Å². The molecule has 0 aromatic rings. The van der Waals surface area contributed by atoms with Gasteiger partial charge in [0.2, 0.25) is 0 Å². The SMILES string of the molecule is CCN(CCCCC(C)(N)C#N)C(C)C. The molecule has 0 aliphatic carbocycles. The molecule has 1 atom stereocenters. The van der Waals surface area contributed by atoms with Crippen LogP contribution in [0, 0.1) is 11.3 Å². The van der Waals surface area contributed by atoms with E-state index in [1.54, 1.807) is 6.92 Å². The number of hydrogen-bond donors (Lipinski definition) is 1. The number of nitriles is 1. The molecule has 0 aliphatic heterocycles. The minimum Gasteiger partial charge on any atom is -0.314 e. The van der Waals surface area contributed by atoms with E-state index in [9.17, 15) is 0 Å². The van der Waals surface area contributed by atoms with Crippen molar-refractivity contribution in [2.24, 2.45) is 5.73 Å². The lowest BCUT2D eigenvalue weighted by atomic mass is 9.98. The van der Waals surface area contributed by atoms with Crippen molar-refractivity contribution in [3.8, 4) is 6.07 Å². The van der Waals surface area contributed by atoms with Crippen LogP contribution in [-0.4, -0.2) is 29.6 Å². The summed E-state index contributed by atoms with van der Waals surface area (Å²) in [5.74, 6) is 0. The van der Waals surface area contributed by atoms with Gasteiger partial charge in [0.15, 0.2) is 0 Å². The molecular weight excluding hydrogens is 186 g/mol. The first-order valence-electron chi connectivity index (χ1n) is 5.87. The molecule has 0 radical (unpaired) electrons. The molecule has 88 valence electrons. The van der Waals surface area contributed by atoms with Crippen LogP contribution in [0.15, 0.2) is 0 Å². The van der Waals surface area contributed by atoms with E-state index in [4.69, 9.17) is 11.0 Å². The molecule has 15 heavy (non-hydrogen) atoms. The van der Waals surface area contributed by atoms with Crippen LogP contribution in [0.2, 0.25) is 0 Å². The van der Waals surface area contributed by atoms with Crippen molar-refractivity contribution >= 4 is 0 Å². The molecule has 3 heteroatoms. The Morgan fingerprint density at radius 3 is 2.40 bits per heavy atom. The quantitative estimate of drug-likeness (QED) is 0.656. The average molecular weight is 211 g/mol. The summed E-state index contributed by atoms with van der Waals surface area (Å²) in [6.07, 6.45) is 2.95. The van der Waals surface area contributed by atoms with E-state index in [-0.39, 0.29) is 0 Å². The van der Waals surface area contributed by atoms with Gasteiger partial charge in [-0.05, 0) is 53.1 Å². The molecule has 0 amide bonds. The molecule has 0 heterocycles. The summed E-state index contributed by atoms with van der Waals surface area (Å²) in [5.41, 5.74) is 5.11. The first kappa shape index (κ1) is 14.4. The molecule has 0 saturated carbocycles. The Kier molecular flexibility index (Phi) is 6.55. The van der Waals surface area contributed by atoms with E-state index in [0.29, 0.717) is 6.04 Å². The Labute approximate surface area is 94.2 Å². The second-order valence-electron chi connectivity index (χ2n) is 4.71. The molecule has 3 nitrogen and oxygen atoms in total. The van der Waals surface area contributed by atoms with Crippen LogP contribution < -0.4 is 5.73 Å². The largest absolute Gasteiger partial charge is 0.314 e. The van der Waals surface area contributed by atoms with Gasteiger partial charge in [0.1, 0.15) is 5.54 Å².